The molecule has 1 aliphatic rings. The number of aromatic nitrogens is 1. The number of fused-ring (bicyclic) bond motifs is 1. The molecule has 3 N–H and O–H groups in total. The minimum Gasteiger partial charge on any atom is -0.366 e. The standard InChI is InChI=1S/C25H25N4O5S/c26-25(32)24-18(11-10-17-6-1-2-7-19(17)24)12-13-23(31)29(20-8-5-14-27-16-21(20)30)35(33,34)22-9-3-4-15-28-22/h1-4,6-7,9-11,13,15,20,27H,5,8,12,14,16H2,(H2,26,32)/t20-/m0/s1. The Morgan fingerprint density at radius 2 is 1.89 bits per heavy atom. The average Bonchev–Trinajstić information content (AvgIpc) is 3.06. The maximum Gasteiger partial charge on any atom is 0.284 e. The molecule has 1 atom stereocenters. The molecule has 10 heteroatoms. The van der Waals surface area contributed by atoms with Crippen molar-refractivity contribution in [2.75, 3.05) is 13.1 Å². The lowest BCUT2D eigenvalue weighted by Crippen LogP contribution is -2.50. The number of nitrogens with one attached hydrogen (secondary N) is 1. The number of benzene rings is 2. The molecule has 0 bridgehead atoms. The third-order valence-electron chi connectivity index (χ3n) is 5.92. The molecule has 1 saturated heterocycles. The molecular weight excluding hydrogens is 468 g/mol. The van der Waals surface area contributed by atoms with Crippen LogP contribution in [0.4, 0.5) is 0 Å². The molecule has 0 spiro atoms. The van der Waals surface area contributed by atoms with Crippen LogP contribution in [0.1, 0.15) is 28.8 Å². The summed E-state index contributed by atoms with van der Waals surface area (Å²) in [6.45, 7) is 0.499. The number of Topliss-reactive ketones (excluding diaryl/α,β-unsaturated/α-hetero) is 1. The van der Waals surface area contributed by atoms with E-state index in [1.807, 2.05) is 12.1 Å². The third kappa shape index (κ3) is 5.08. The van der Waals surface area contributed by atoms with Crippen molar-refractivity contribution in [2.24, 2.45) is 5.73 Å². The Kier molecular flexibility index (Phi) is 7.23. The van der Waals surface area contributed by atoms with Crippen LogP contribution in [0.2, 0.25) is 0 Å². The van der Waals surface area contributed by atoms with Gasteiger partial charge in [-0.1, -0.05) is 42.5 Å². The van der Waals surface area contributed by atoms with Crippen molar-refractivity contribution >= 4 is 38.4 Å². The first kappa shape index (κ1) is 24.5. The lowest BCUT2D eigenvalue weighted by Gasteiger charge is -2.29. The number of hydrogen-bond acceptors (Lipinski definition) is 7. The number of nitrogens with zero attached hydrogens (tertiary/aromatic N) is 2. The molecule has 1 fully saturated rings. The van der Waals surface area contributed by atoms with E-state index >= 15 is 0 Å². The molecule has 2 aromatic carbocycles. The van der Waals surface area contributed by atoms with Gasteiger partial charge < -0.3 is 11.1 Å². The molecule has 4 rings (SSSR count). The largest absolute Gasteiger partial charge is 0.366 e. The normalized spacial score (nSPS) is 16.6. The Balaban J connectivity index is 1.69. The Morgan fingerprint density at radius 3 is 2.63 bits per heavy atom. The Hall–Kier alpha value is -3.63. The molecule has 0 aliphatic carbocycles. The molecule has 181 valence electrons. The van der Waals surface area contributed by atoms with Crippen molar-refractivity contribution in [3.63, 3.8) is 0 Å². The number of pyridine rings is 1. The first-order valence-corrected chi connectivity index (χ1v) is 12.6. The molecule has 9 nitrogen and oxygen atoms in total. The van der Waals surface area contributed by atoms with Crippen LogP contribution in [0, 0.1) is 6.42 Å². The van der Waals surface area contributed by atoms with Gasteiger partial charge in [-0.25, -0.2) is 9.29 Å². The fraction of sp³-hybridized carbons (Fsp3) is 0.240. The van der Waals surface area contributed by atoms with Gasteiger partial charge >= 0.3 is 0 Å². The number of primary amides is 1. The van der Waals surface area contributed by atoms with Gasteiger partial charge in [0.05, 0.1) is 18.5 Å². The van der Waals surface area contributed by atoms with E-state index in [9.17, 15) is 22.8 Å². The highest BCUT2D eigenvalue weighted by atomic mass is 32.2. The van der Waals surface area contributed by atoms with Crippen LogP contribution < -0.4 is 11.1 Å². The molecule has 1 aliphatic heterocycles. The molecule has 35 heavy (non-hydrogen) atoms. The summed E-state index contributed by atoms with van der Waals surface area (Å²) in [7, 11) is -4.41. The molecule has 1 aromatic heterocycles. The van der Waals surface area contributed by atoms with E-state index in [2.05, 4.69) is 10.3 Å². The summed E-state index contributed by atoms with van der Waals surface area (Å²) in [6, 6.07) is 13.9. The van der Waals surface area contributed by atoms with E-state index in [1.54, 1.807) is 30.3 Å². The van der Waals surface area contributed by atoms with Crippen LogP contribution in [-0.2, 0) is 26.0 Å². The van der Waals surface area contributed by atoms with E-state index in [0.717, 1.165) is 5.39 Å². The molecule has 2 amide bonds. The summed E-state index contributed by atoms with van der Waals surface area (Å²) in [4.78, 5) is 42.3. The highest BCUT2D eigenvalue weighted by Gasteiger charge is 2.40. The quantitative estimate of drug-likeness (QED) is 0.510. The molecule has 0 saturated carbocycles. The average molecular weight is 494 g/mol. The van der Waals surface area contributed by atoms with Crippen LogP contribution in [-0.4, -0.2) is 54.4 Å². The summed E-state index contributed by atoms with van der Waals surface area (Å²) in [5.74, 6) is -1.91. The van der Waals surface area contributed by atoms with Gasteiger partial charge in [0, 0.05) is 6.20 Å². The van der Waals surface area contributed by atoms with Gasteiger partial charge in [-0.3, -0.25) is 14.4 Å². The van der Waals surface area contributed by atoms with Gasteiger partial charge in [-0.05, 0) is 54.3 Å². The van der Waals surface area contributed by atoms with Crippen LogP contribution in [0.5, 0.6) is 0 Å². The molecular formula is C25H25N4O5S. The summed E-state index contributed by atoms with van der Waals surface area (Å²) in [5, 5.41) is 4.08. The van der Waals surface area contributed by atoms with E-state index in [1.165, 1.54) is 24.8 Å². The van der Waals surface area contributed by atoms with Crippen molar-refractivity contribution in [3.8, 4) is 0 Å². The van der Waals surface area contributed by atoms with Crippen LogP contribution in [0.25, 0.3) is 10.8 Å². The van der Waals surface area contributed by atoms with Crippen molar-refractivity contribution < 1.29 is 22.8 Å². The van der Waals surface area contributed by atoms with Crippen LogP contribution in [0.15, 0.2) is 65.8 Å². The van der Waals surface area contributed by atoms with Gasteiger partial charge in [0.1, 0.15) is 6.04 Å². The summed E-state index contributed by atoms with van der Waals surface area (Å²) < 4.78 is 27.6. The maximum atomic E-state index is 13.5. The van der Waals surface area contributed by atoms with Crippen molar-refractivity contribution in [3.05, 3.63) is 78.3 Å². The van der Waals surface area contributed by atoms with E-state index in [-0.39, 0.29) is 30.0 Å². The van der Waals surface area contributed by atoms with Gasteiger partial charge in [0.2, 0.25) is 11.8 Å². The SMILES string of the molecule is NC(=O)c1c(C[CH]C(=O)N([C@H]2CCCNCC2=O)S(=O)(=O)c2ccccn2)ccc2ccccc12. The fourth-order valence-electron chi connectivity index (χ4n) is 4.26. The summed E-state index contributed by atoms with van der Waals surface area (Å²) in [5.41, 5.74) is 6.39. The minimum absolute atomic E-state index is 0.0390. The lowest BCUT2D eigenvalue weighted by molar-refractivity contribution is -0.131. The number of ketones is 1. The first-order valence-electron chi connectivity index (χ1n) is 11.2. The maximum absolute atomic E-state index is 13.5. The fourth-order valence-corrected chi connectivity index (χ4v) is 5.78. The number of sulfonamides is 1. The van der Waals surface area contributed by atoms with Crippen LogP contribution in [0.3, 0.4) is 0 Å². The second-order valence-corrected chi connectivity index (χ2v) is 9.96. The number of rotatable bonds is 7. The number of carbonyl (C=O) groups excluding carboxylic acids is 3. The topological polar surface area (TPSA) is 140 Å². The monoisotopic (exact) mass is 493 g/mol. The highest BCUT2D eigenvalue weighted by Crippen LogP contribution is 2.25. The zero-order valence-electron chi connectivity index (χ0n) is 18.9. The Morgan fingerprint density at radius 1 is 1.11 bits per heavy atom. The second-order valence-electron chi connectivity index (χ2n) is 8.20. The van der Waals surface area contributed by atoms with Gasteiger partial charge in [-0.15, -0.1) is 0 Å². The molecule has 1 radical (unpaired) electrons. The Labute approximate surface area is 203 Å². The number of carbonyl (C=O) groups is 3. The highest BCUT2D eigenvalue weighted by molar-refractivity contribution is 7.89. The van der Waals surface area contributed by atoms with E-state index in [0.29, 0.717) is 28.2 Å². The smallest absolute Gasteiger partial charge is 0.284 e. The van der Waals surface area contributed by atoms with Crippen molar-refractivity contribution in [2.45, 2.75) is 30.3 Å². The number of amides is 2. The molecule has 2 heterocycles. The zero-order valence-corrected chi connectivity index (χ0v) is 19.7. The number of hydrogen-bond donors (Lipinski definition) is 2. The lowest BCUT2D eigenvalue weighted by atomic mass is 9.95. The van der Waals surface area contributed by atoms with E-state index < -0.39 is 33.7 Å². The molecule has 0 unspecified atom stereocenters. The van der Waals surface area contributed by atoms with Crippen LogP contribution >= 0.6 is 0 Å². The van der Waals surface area contributed by atoms with Gasteiger partial charge in [0.25, 0.3) is 10.0 Å². The molecule has 3 aromatic rings. The zero-order chi connectivity index (χ0) is 25.0. The second kappa shape index (κ2) is 10.3. The van der Waals surface area contributed by atoms with Gasteiger partial charge in [-0.2, -0.15) is 8.42 Å². The minimum atomic E-state index is -4.41. The van der Waals surface area contributed by atoms with E-state index in [4.69, 9.17) is 5.73 Å². The first-order chi connectivity index (χ1) is 16.8. The predicted octanol–water partition coefficient (Wildman–Crippen LogP) is 1.62. The van der Waals surface area contributed by atoms with Gasteiger partial charge in [0.15, 0.2) is 10.8 Å². The van der Waals surface area contributed by atoms with Crippen molar-refractivity contribution in [1.29, 1.82) is 0 Å². The third-order valence-corrected chi connectivity index (χ3v) is 7.64. The number of nitrogens with two attached hydrogens (primary N) is 1. The summed E-state index contributed by atoms with van der Waals surface area (Å²) >= 11 is 0. The predicted molar refractivity (Wildman–Crippen MR) is 130 cm³/mol. The Bertz CT molecular complexity index is 1380. The van der Waals surface area contributed by atoms with Crippen molar-refractivity contribution in [1.82, 2.24) is 14.6 Å². The summed E-state index contributed by atoms with van der Waals surface area (Å²) in [6.07, 6.45) is 3.15.